The maximum atomic E-state index is 12.5. The highest BCUT2D eigenvalue weighted by atomic mass is 16.2. The van der Waals surface area contributed by atoms with Crippen LogP contribution >= 0.6 is 0 Å². The third-order valence-electron chi connectivity index (χ3n) is 4.68. The van der Waals surface area contributed by atoms with Crippen molar-refractivity contribution < 1.29 is 4.79 Å². The maximum Gasteiger partial charge on any atom is 0.229 e. The van der Waals surface area contributed by atoms with Crippen LogP contribution in [-0.4, -0.2) is 25.9 Å². The van der Waals surface area contributed by atoms with Crippen LogP contribution in [0.4, 0.5) is 5.82 Å². The third-order valence-corrected chi connectivity index (χ3v) is 4.68. The summed E-state index contributed by atoms with van der Waals surface area (Å²) < 4.78 is 1.71. The second-order valence-corrected chi connectivity index (χ2v) is 6.30. The summed E-state index contributed by atoms with van der Waals surface area (Å²) in [6.45, 7) is 4.01. The molecule has 6 nitrogen and oxygen atoms in total. The van der Waals surface area contributed by atoms with Crippen molar-refractivity contribution in [3.05, 3.63) is 41.1 Å². The number of anilines is 1. The Morgan fingerprint density at radius 3 is 2.91 bits per heavy atom. The molecule has 0 saturated heterocycles. The van der Waals surface area contributed by atoms with Crippen LogP contribution in [0, 0.1) is 19.8 Å². The molecule has 0 spiro atoms. The van der Waals surface area contributed by atoms with Gasteiger partial charge in [0.2, 0.25) is 5.91 Å². The van der Waals surface area contributed by atoms with E-state index >= 15 is 0 Å². The smallest absolute Gasteiger partial charge is 0.229 e. The van der Waals surface area contributed by atoms with Gasteiger partial charge in [-0.25, -0.2) is 4.68 Å². The second kappa shape index (κ2) is 4.94. The standard InChI is InChI=1S/C17H19N5O/c1-9-6-4-5-7-11(9)12-8-13(12)17(23)18-15-14-10(2)21-22(3)16(14)20-19-15/h4-7,12-13H,8H2,1-3H3,(H2,18,19,20,23)/t12-,13-/m1/s1. The Kier molecular flexibility index (Phi) is 3.01. The SMILES string of the molecule is Cc1ccccc1[C@H]1C[C@H]1C(=O)Nc1[nH]nc2c1c(C)nn2C. The molecule has 2 N–H and O–H groups in total. The Balaban J connectivity index is 1.54. The highest BCUT2D eigenvalue weighted by Gasteiger charge is 2.44. The van der Waals surface area contributed by atoms with Crippen molar-refractivity contribution in [3.8, 4) is 0 Å². The average Bonchev–Trinajstić information content (AvgIpc) is 3.12. The number of aromatic nitrogens is 4. The first kappa shape index (κ1) is 14.0. The van der Waals surface area contributed by atoms with E-state index in [0.29, 0.717) is 11.7 Å². The van der Waals surface area contributed by atoms with Crippen LogP contribution in [0.25, 0.3) is 11.0 Å². The fourth-order valence-corrected chi connectivity index (χ4v) is 3.37. The lowest BCUT2D eigenvalue weighted by molar-refractivity contribution is -0.117. The highest BCUT2D eigenvalue weighted by molar-refractivity contribution is 6.02. The minimum Gasteiger partial charge on any atom is -0.310 e. The second-order valence-electron chi connectivity index (χ2n) is 6.30. The molecule has 6 heteroatoms. The molecular weight excluding hydrogens is 290 g/mol. The number of rotatable bonds is 3. The van der Waals surface area contributed by atoms with E-state index < -0.39 is 0 Å². The first-order valence-corrected chi connectivity index (χ1v) is 7.80. The number of carbonyl (C=O) groups is 1. The zero-order valence-corrected chi connectivity index (χ0v) is 13.4. The van der Waals surface area contributed by atoms with Gasteiger partial charge in [0.15, 0.2) is 5.65 Å². The van der Waals surface area contributed by atoms with Gasteiger partial charge in [-0.05, 0) is 37.3 Å². The molecule has 2 aromatic heterocycles. The van der Waals surface area contributed by atoms with E-state index in [1.165, 1.54) is 11.1 Å². The van der Waals surface area contributed by atoms with Crippen molar-refractivity contribution in [2.45, 2.75) is 26.2 Å². The fraction of sp³-hybridized carbons (Fsp3) is 0.353. The number of H-pyrrole nitrogens is 1. The van der Waals surface area contributed by atoms with E-state index in [0.717, 1.165) is 23.1 Å². The molecule has 3 aromatic rings. The van der Waals surface area contributed by atoms with Gasteiger partial charge in [0, 0.05) is 13.0 Å². The summed E-state index contributed by atoms with van der Waals surface area (Å²) in [5.74, 6) is 1.05. The van der Waals surface area contributed by atoms with Gasteiger partial charge in [0.25, 0.3) is 0 Å². The van der Waals surface area contributed by atoms with Crippen molar-refractivity contribution in [2.24, 2.45) is 13.0 Å². The minimum atomic E-state index is 0.0337. The Labute approximate surface area is 133 Å². The zero-order valence-electron chi connectivity index (χ0n) is 13.4. The van der Waals surface area contributed by atoms with E-state index in [1.54, 1.807) is 4.68 Å². The van der Waals surface area contributed by atoms with Crippen LogP contribution in [0.5, 0.6) is 0 Å². The fourth-order valence-electron chi connectivity index (χ4n) is 3.37. The number of nitrogens with zero attached hydrogens (tertiary/aromatic N) is 3. The Bertz CT molecular complexity index is 907. The lowest BCUT2D eigenvalue weighted by atomic mass is 10.0. The molecular formula is C17H19N5O. The normalized spacial score (nSPS) is 20.0. The zero-order chi connectivity index (χ0) is 16.1. The summed E-state index contributed by atoms with van der Waals surface area (Å²) in [7, 11) is 1.84. The van der Waals surface area contributed by atoms with Gasteiger partial charge in [-0.1, -0.05) is 24.3 Å². The predicted molar refractivity (Wildman–Crippen MR) is 88.3 cm³/mol. The van der Waals surface area contributed by atoms with Crippen molar-refractivity contribution in [3.63, 3.8) is 0 Å². The van der Waals surface area contributed by atoms with Crippen LogP contribution in [0.2, 0.25) is 0 Å². The molecule has 0 aliphatic heterocycles. The van der Waals surface area contributed by atoms with E-state index in [1.807, 2.05) is 26.1 Å². The molecule has 2 atom stereocenters. The minimum absolute atomic E-state index is 0.0337. The Hall–Kier alpha value is -2.63. The maximum absolute atomic E-state index is 12.5. The van der Waals surface area contributed by atoms with Crippen molar-refractivity contribution >= 4 is 22.8 Å². The molecule has 118 valence electrons. The van der Waals surface area contributed by atoms with Crippen molar-refractivity contribution in [2.75, 3.05) is 5.32 Å². The first-order valence-electron chi connectivity index (χ1n) is 7.80. The number of hydrogen-bond acceptors (Lipinski definition) is 3. The van der Waals surface area contributed by atoms with Crippen molar-refractivity contribution in [1.29, 1.82) is 0 Å². The molecule has 0 bridgehead atoms. The quantitative estimate of drug-likeness (QED) is 0.781. The number of fused-ring (bicyclic) bond motifs is 1. The van der Waals surface area contributed by atoms with E-state index in [9.17, 15) is 4.79 Å². The number of aromatic amines is 1. The molecule has 1 aromatic carbocycles. The van der Waals surface area contributed by atoms with Gasteiger partial charge >= 0.3 is 0 Å². The molecule has 2 heterocycles. The van der Waals surface area contributed by atoms with E-state index in [2.05, 4.69) is 39.7 Å². The molecule has 1 aliphatic rings. The number of benzene rings is 1. The molecule has 1 aliphatic carbocycles. The van der Waals surface area contributed by atoms with Crippen LogP contribution in [-0.2, 0) is 11.8 Å². The van der Waals surface area contributed by atoms with Crippen molar-refractivity contribution in [1.82, 2.24) is 20.0 Å². The van der Waals surface area contributed by atoms with Crippen LogP contribution in [0.1, 0.15) is 29.2 Å². The molecule has 1 fully saturated rings. The number of nitrogens with one attached hydrogen (secondary N) is 2. The molecule has 4 rings (SSSR count). The summed E-state index contributed by atoms with van der Waals surface area (Å²) in [6, 6.07) is 8.28. The summed E-state index contributed by atoms with van der Waals surface area (Å²) in [4.78, 5) is 12.5. The van der Waals surface area contributed by atoms with Gasteiger partial charge in [-0.15, -0.1) is 0 Å². The van der Waals surface area contributed by atoms with Gasteiger partial charge in [-0.2, -0.15) is 10.2 Å². The highest BCUT2D eigenvalue weighted by Crippen LogP contribution is 2.49. The third kappa shape index (κ3) is 2.21. The van der Waals surface area contributed by atoms with E-state index in [-0.39, 0.29) is 11.8 Å². The van der Waals surface area contributed by atoms with Gasteiger partial charge in [-0.3, -0.25) is 9.89 Å². The molecule has 1 amide bonds. The summed E-state index contributed by atoms with van der Waals surface area (Å²) >= 11 is 0. The number of hydrogen-bond donors (Lipinski definition) is 2. The lowest BCUT2D eigenvalue weighted by Crippen LogP contribution is -2.15. The summed E-state index contributed by atoms with van der Waals surface area (Å²) in [6.07, 6.45) is 0.903. The number of aryl methyl sites for hydroxylation is 3. The molecule has 1 saturated carbocycles. The molecule has 0 radical (unpaired) electrons. The van der Waals surface area contributed by atoms with Gasteiger partial charge in [0.1, 0.15) is 5.82 Å². The molecule has 23 heavy (non-hydrogen) atoms. The summed E-state index contributed by atoms with van der Waals surface area (Å²) in [5.41, 5.74) is 4.14. The lowest BCUT2D eigenvalue weighted by Gasteiger charge is -2.05. The van der Waals surface area contributed by atoms with E-state index in [4.69, 9.17) is 0 Å². The average molecular weight is 309 g/mol. The predicted octanol–water partition coefficient (Wildman–Crippen LogP) is 2.66. The van der Waals surface area contributed by atoms with Gasteiger partial charge in [0.05, 0.1) is 11.1 Å². The number of amides is 1. The van der Waals surface area contributed by atoms with Crippen LogP contribution < -0.4 is 5.32 Å². The Morgan fingerprint density at radius 1 is 1.35 bits per heavy atom. The van der Waals surface area contributed by atoms with Gasteiger partial charge < -0.3 is 5.32 Å². The number of carbonyl (C=O) groups excluding carboxylic acids is 1. The van der Waals surface area contributed by atoms with Crippen LogP contribution in [0.15, 0.2) is 24.3 Å². The van der Waals surface area contributed by atoms with Crippen LogP contribution in [0.3, 0.4) is 0 Å². The Morgan fingerprint density at radius 2 is 2.13 bits per heavy atom. The first-order chi connectivity index (χ1) is 11.1. The largest absolute Gasteiger partial charge is 0.310 e. The molecule has 0 unspecified atom stereocenters. The summed E-state index contributed by atoms with van der Waals surface area (Å²) in [5, 5.41) is 15.3. The monoisotopic (exact) mass is 309 g/mol. The topological polar surface area (TPSA) is 75.6 Å².